The van der Waals surface area contributed by atoms with Gasteiger partial charge in [-0.2, -0.15) is 13.2 Å². The quantitative estimate of drug-likeness (QED) is 0.771. The largest absolute Gasteiger partial charge is 0.390 e. The van der Waals surface area contributed by atoms with Crippen LogP contribution in [0.5, 0.6) is 0 Å². The Kier molecular flexibility index (Phi) is 4.08. The summed E-state index contributed by atoms with van der Waals surface area (Å²) in [7, 11) is 1.67. The molecule has 0 unspecified atom stereocenters. The van der Waals surface area contributed by atoms with Crippen LogP contribution in [-0.2, 0) is 6.54 Å². The molecular formula is C10H13F3N2. The smallest absolute Gasteiger partial charge is 0.302 e. The highest BCUT2D eigenvalue weighted by Crippen LogP contribution is 2.19. The van der Waals surface area contributed by atoms with Crippen molar-refractivity contribution in [2.75, 3.05) is 13.6 Å². The predicted octanol–water partition coefficient (Wildman–Crippen LogP) is 2.47. The van der Waals surface area contributed by atoms with E-state index in [1.54, 1.807) is 30.4 Å². The van der Waals surface area contributed by atoms with Gasteiger partial charge in [-0.25, -0.2) is 0 Å². The lowest BCUT2D eigenvalue weighted by Gasteiger charge is -2.17. The molecule has 2 nitrogen and oxygen atoms in total. The average molecular weight is 218 g/mol. The Morgan fingerprint density at radius 1 is 1.40 bits per heavy atom. The van der Waals surface area contributed by atoms with Gasteiger partial charge in [-0.15, -0.1) is 0 Å². The lowest BCUT2D eigenvalue weighted by atomic mass is 10.2. The molecule has 0 aromatic carbocycles. The third kappa shape index (κ3) is 5.37. The van der Waals surface area contributed by atoms with Crippen LogP contribution in [0.4, 0.5) is 13.2 Å². The van der Waals surface area contributed by atoms with E-state index in [0.717, 1.165) is 5.56 Å². The summed E-state index contributed by atoms with van der Waals surface area (Å²) in [6.45, 7) is 0.502. The maximum Gasteiger partial charge on any atom is 0.390 e. The van der Waals surface area contributed by atoms with Crippen molar-refractivity contribution in [1.29, 1.82) is 0 Å². The fraction of sp³-hybridized carbons (Fsp3) is 0.500. The topological polar surface area (TPSA) is 16.1 Å². The number of alkyl halides is 3. The predicted molar refractivity (Wildman–Crippen MR) is 51.2 cm³/mol. The third-order valence-corrected chi connectivity index (χ3v) is 1.95. The highest BCUT2D eigenvalue weighted by atomic mass is 19.4. The average Bonchev–Trinajstić information content (AvgIpc) is 2.15. The minimum absolute atomic E-state index is 0.0123. The molecule has 0 atom stereocenters. The summed E-state index contributed by atoms with van der Waals surface area (Å²) in [5.74, 6) is 0. The van der Waals surface area contributed by atoms with Gasteiger partial charge in [-0.3, -0.25) is 4.98 Å². The molecule has 0 aliphatic heterocycles. The summed E-state index contributed by atoms with van der Waals surface area (Å²) >= 11 is 0. The Bertz CT molecular complexity index is 284. The van der Waals surface area contributed by atoms with Gasteiger partial charge >= 0.3 is 6.18 Å². The van der Waals surface area contributed by atoms with Crippen LogP contribution in [0.25, 0.3) is 0 Å². The second-order valence-electron chi connectivity index (χ2n) is 3.46. The van der Waals surface area contributed by atoms with E-state index >= 15 is 0 Å². The molecule has 0 saturated carbocycles. The van der Waals surface area contributed by atoms with E-state index in [2.05, 4.69) is 4.98 Å². The van der Waals surface area contributed by atoms with Gasteiger partial charge in [0, 0.05) is 25.5 Å². The summed E-state index contributed by atoms with van der Waals surface area (Å²) in [4.78, 5) is 5.53. The second-order valence-corrected chi connectivity index (χ2v) is 3.46. The van der Waals surface area contributed by atoms with Crippen LogP contribution in [0.2, 0.25) is 0 Å². The van der Waals surface area contributed by atoms with E-state index < -0.39 is 12.6 Å². The molecule has 0 fully saturated rings. The van der Waals surface area contributed by atoms with Crippen molar-refractivity contribution in [3.8, 4) is 0 Å². The van der Waals surface area contributed by atoms with Crippen molar-refractivity contribution in [3.63, 3.8) is 0 Å². The first-order chi connectivity index (χ1) is 6.97. The molecule has 1 aromatic heterocycles. The number of nitrogens with zero attached hydrogens (tertiary/aromatic N) is 2. The number of pyridine rings is 1. The van der Waals surface area contributed by atoms with Crippen LogP contribution in [0.1, 0.15) is 12.0 Å². The molecule has 1 aromatic rings. The maximum atomic E-state index is 11.9. The monoisotopic (exact) mass is 218 g/mol. The first-order valence-electron chi connectivity index (χ1n) is 4.61. The molecule has 0 radical (unpaired) electrons. The van der Waals surface area contributed by atoms with E-state index in [1.807, 2.05) is 6.07 Å². The highest BCUT2D eigenvalue weighted by Gasteiger charge is 2.26. The number of aromatic nitrogens is 1. The molecular weight excluding hydrogens is 205 g/mol. The first kappa shape index (κ1) is 12.0. The van der Waals surface area contributed by atoms with E-state index in [4.69, 9.17) is 0 Å². The minimum Gasteiger partial charge on any atom is -0.302 e. The highest BCUT2D eigenvalue weighted by molar-refractivity contribution is 5.07. The molecule has 15 heavy (non-hydrogen) atoms. The van der Waals surface area contributed by atoms with E-state index in [9.17, 15) is 13.2 Å². The lowest BCUT2D eigenvalue weighted by molar-refractivity contribution is -0.137. The van der Waals surface area contributed by atoms with Gasteiger partial charge < -0.3 is 4.90 Å². The van der Waals surface area contributed by atoms with Crippen molar-refractivity contribution >= 4 is 0 Å². The Labute approximate surface area is 86.7 Å². The van der Waals surface area contributed by atoms with Crippen LogP contribution >= 0.6 is 0 Å². The number of rotatable bonds is 4. The van der Waals surface area contributed by atoms with Crippen molar-refractivity contribution in [2.24, 2.45) is 0 Å². The Morgan fingerprint density at radius 3 is 2.67 bits per heavy atom. The summed E-state index contributed by atoms with van der Waals surface area (Å²) in [6, 6.07) is 3.62. The molecule has 0 aliphatic carbocycles. The van der Waals surface area contributed by atoms with Crippen LogP contribution in [0.3, 0.4) is 0 Å². The van der Waals surface area contributed by atoms with Crippen LogP contribution in [0.15, 0.2) is 24.5 Å². The third-order valence-electron chi connectivity index (χ3n) is 1.95. The molecule has 84 valence electrons. The Balaban J connectivity index is 2.34. The van der Waals surface area contributed by atoms with Crippen LogP contribution < -0.4 is 0 Å². The van der Waals surface area contributed by atoms with Crippen molar-refractivity contribution in [2.45, 2.75) is 19.1 Å². The first-order valence-corrected chi connectivity index (χ1v) is 4.61. The number of hydrogen-bond donors (Lipinski definition) is 0. The van der Waals surface area contributed by atoms with Gasteiger partial charge in [0.15, 0.2) is 0 Å². The fourth-order valence-electron chi connectivity index (χ4n) is 1.20. The maximum absolute atomic E-state index is 11.9. The molecule has 1 rings (SSSR count). The minimum atomic E-state index is -4.08. The van der Waals surface area contributed by atoms with E-state index in [1.165, 1.54) is 0 Å². The summed E-state index contributed by atoms with van der Waals surface area (Å²) in [6.07, 6.45) is -1.56. The molecule has 0 saturated heterocycles. The summed E-state index contributed by atoms with van der Waals surface area (Å²) < 4.78 is 35.7. The van der Waals surface area contributed by atoms with Crippen LogP contribution in [-0.4, -0.2) is 29.7 Å². The molecule has 0 amide bonds. The zero-order valence-electron chi connectivity index (χ0n) is 8.46. The van der Waals surface area contributed by atoms with Gasteiger partial charge in [0.2, 0.25) is 0 Å². The molecule has 0 bridgehead atoms. The number of hydrogen-bond acceptors (Lipinski definition) is 2. The van der Waals surface area contributed by atoms with Crippen molar-refractivity contribution < 1.29 is 13.2 Å². The molecule has 1 heterocycles. The summed E-state index contributed by atoms with van der Waals surface area (Å²) in [5.41, 5.74) is 0.919. The zero-order valence-corrected chi connectivity index (χ0v) is 8.46. The van der Waals surface area contributed by atoms with Crippen LogP contribution in [0, 0.1) is 0 Å². The van der Waals surface area contributed by atoms with Crippen molar-refractivity contribution in [3.05, 3.63) is 30.1 Å². The normalized spacial score (nSPS) is 12.1. The molecule has 5 heteroatoms. The number of halogens is 3. The standard InChI is InChI=1S/C10H13F3N2/c1-15(6-4-10(11,12)13)8-9-3-2-5-14-7-9/h2-3,5,7H,4,6,8H2,1H3. The fourth-order valence-corrected chi connectivity index (χ4v) is 1.20. The van der Waals surface area contributed by atoms with Gasteiger partial charge in [-0.05, 0) is 18.7 Å². The van der Waals surface area contributed by atoms with E-state index in [0.29, 0.717) is 6.54 Å². The Morgan fingerprint density at radius 2 is 2.13 bits per heavy atom. The SMILES string of the molecule is CN(CCC(F)(F)F)Cc1cccnc1. The van der Waals surface area contributed by atoms with Gasteiger partial charge in [0.05, 0.1) is 6.42 Å². The molecule has 0 aliphatic rings. The van der Waals surface area contributed by atoms with Gasteiger partial charge in [-0.1, -0.05) is 6.07 Å². The zero-order chi connectivity index (χ0) is 11.3. The van der Waals surface area contributed by atoms with Crippen molar-refractivity contribution in [1.82, 2.24) is 9.88 Å². The molecule has 0 spiro atoms. The second kappa shape index (κ2) is 5.11. The van der Waals surface area contributed by atoms with E-state index in [-0.39, 0.29) is 6.54 Å². The Hall–Kier alpha value is -1.10. The molecule has 0 N–H and O–H groups in total. The summed E-state index contributed by atoms with van der Waals surface area (Å²) in [5, 5.41) is 0. The lowest BCUT2D eigenvalue weighted by Crippen LogP contribution is -2.24. The van der Waals surface area contributed by atoms with Gasteiger partial charge in [0.1, 0.15) is 0 Å². The van der Waals surface area contributed by atoms with Gasteiger partial charge in [0.25, 0.3) is 0 Å².